The van der Waals surface area contributed by atoms with Crippen molar-refractivity contribution in [3.05, 3.63) is 108 Å². The monoisotopic (exact) mass is 445 g/mol. The smallest absolute Gasteiger partial charge is 0.240 e. The van der Waals surface area contributed by atoms with Gasteiger partial charge in [-0.3, -0.25) is 9.48 Å². The molecule has 0 radical (unpaired) electrons. The molecule has 0 fully saturated rings. The number of benzene rings is 3. The van der Waals surface area contributed by atoms with Gasteiger partial charge < -0.3 is 0 Å². The van der Waals surface area contributed by atoms with Gasteiger partial charge in [0.25, 0.3) is 0 Å². The number of hydrogen-bond donors (Lipinski definition) is 1. The molecule has 3 aromatic carbocycles. The summed E-state index contributed by atoms with van der Waals surface area (Å²) in [5.74, 6) is -0.111. The van der Waals surface area contributed by atoms with Crippen molar-refractivity contribution < 1.29 is 13.2 Å². The van der Waals surface area contributed by atoms with Crippen molar-refractivity contribution in [2.75, 3.05) is 0 Å². The zero-order chi connectivity index (χ0) is 22.6. The largest absolute Gasteiger partial charge is 0.295 e. The lowest BCUT2D eigenvalue weighted by molar-refractivity contribution is 0.101. The summed E-state index contributed by atoms with van der Waals surface area (Å²) < 4.78 is 30.1. The molecule has 0 spiro atoms. The van der Waals surface area contributed by atoms with Crippen LogP contribution in [0.4, 0.5) is 0 Å². The number of Topliss-reactive ketones (excluding diaryl/α,β-unsaturated/α-hetero) is 1. The molecule has 162 valence electrons. The van der Waals surface area contributed by atoms with Crippen molar-refractivity contribution in [1.29, 1.82) is 0 Å². The highest BCUT2D eigenvalue weighted by Gasteiger charge is 2.17. The first-order chi connectivity index (χ1) is 15.4. The highest BCUT2D eigenvalue weighted by molar-refractivity contribution is 7.89. The van der Waals surface area contributed by atoms with Gasteiger partial charge in [-0.25, -0.2) is 13.1 Å². The second-order valence-corrected chi connectivity index (χ2v) is 9.22. The summed E-state index contributed by atoms with van der Waals surface area (Å²) in [6, 6.07) is 25.6. The summed E-state index contributed by atoms with van der Waals surface area (Å²) in [6.45, 7) is 2.12. The van der Waals surface area contributed by atoms with E-state index in [2.05, 4.69) is 4.72 Å². The lowest BCUT2D eigenvalue weighted by Crippen LogP contribution is -2.23. The average Bonchev–Trinajstić information content (AvgIpc) is 3.22. The number of nitrogens with one attached hydrogen (secondary N) is 1. The maximum absolute atomic E-state index is 12.8. The number of sulfonamides is 1. The van der Waals surface area contributed by atoms with E-state index in [4.69, 9.17) is 5.10 Å². The van der Waals surface area contributed by atoms with Gasteiger partial charge in [0.15, 0.2) is 5.78 Å². The van der Waals surface area contributed by atoms with E-state index in [0.717, 1.165) is 22.4 Å². The van der Waals surface area contributed by atoms with Gasteiger partial charge in [0.2, 0.25) is 10.0 Å². The van der Waals surface area contributed by atoms with Crippen LogP contribution in [-0.2, 0) is 23.1 Å². The molecule has 32 heavy (non-hydrogen) atoms. The molecule has 1 aromatic heterocycles. The first-order valence-electron chi connectivity index (χ1n) is 10.2. The van der Waals surface area contributed by atoms with Crippen molar-refractivity contribution in [1.82, 2.24) is 14.5 Å². The van der Waals surface area contributed by atoms with Gasteiger partial charge in [0, 0.05) is 29.4 Å². The molecule has 0 unspecified atom stereocenters. The van der Waals surface area contributed by atoms with E-state index in [1.807, 2.05) is 71.5 Å². The normalized spacial score (nSPS) is 11.4. The lowest BCUT2D eigenvalue weighted by atomic mass is 10.1. The van der Waals surface area contributed by atoms with Gasteiger partial charge in [-0.05, 0) is 24.6 Å². The Morgan fingerprint density at radius 3 is 2.16 bits per heavy atom. The molecule has 1 heterocycles. The fourth-order valence-corrected chi connectivity index (χ4v) is 4.41. The van der Waals surface area contributed by atoms with Crippen LogP contribution >= 0.6 is 0 Å². The molecular formula is C25H23N3O3S. The third-order valence-electron chi connectivity index (χ3n) is 5.10. The third-order valence-corrected chi connectivity index (χ3v) is 6.51. The van der Waals surface area contributed by atoms with E-state index in [1.54, 1.807) is 0 Å². The lowest BCUT2D eigenvalue weighted by Gasteiger charge is -2.07. The van der Waals surface area contributed by atoms with Crippen molar-refractivity contribution in [2.45, 2.75) is 24.9 Å². The molecule has 0 amide bonds. The molecule has 0 atom stereocenters. The topological polar surface area (TPSA) is 81.1 Å². The Kier molecular flexibility index (Phi) is 6.30. The van der Waals surface area contributed by atoms with Gasteiger partial charge in [-0.15, -0.1) is 0 Å². The summed E-state index contributed by atoms with van der Waals surface area (Å²) in [7, 11) is -3.75. The van der Waals surface area contributed by atoms with Gasteiger partial charge in [0.1, 0.15) is 0 Å². The van der Waals surface area contributed by atoms with Crippen LogP contribution in [0.15, 0.2) is 96.0 Å². The van der Waals surface area contributed by atoms with Gasteiger partial charge in [-0.2, -0.15) is 5.10 Å². The molecule has 0 saturated carbocycles. The standard InChI is InChI=1S/C25H23N3O3S/c1-19(29)21-12-14-24(15-13-21)32(30,31)26-16-23-18-28(17-20-8-4-2-5-9-20)27-25(23)22-10-6-3-7-11-22/h2-15,18,26H,16-17H2,1H3. The molecule has 0 saturated heterocycles. The minimum atomic E-state index is -3.75. The van der Waals surface area contributed by atoms with E-state index >= 15 is 0 Å². The van der Waals surface area contributed by atoms with Crippen LogP contribution in [0.5, 0.6) is 0 Å². The third kappa shape index (κ3) is 5.01. The fraction of sp³-hybridized carbons (Fsp3) is 0.120. The zero-order valence-electron chi connectivity index (χ0n) is 17.6. The molecule has 4 aromatic rings. The average molecular weight is 446 g/mol. The highest BCUT2D eigenvalue weighted by atomic mass is 32.2. The van der Waals surface area contributed by atoms with E-state index in [1.165, 1.54) is 31.2 Å². The minimum Gasteiger partial charge on any atom is -0.295 e. The Morgan fingerprint density at radius 1 is 0.906 bits per heavy atom. The zero-order valence-corrected chi connectivity index (χ0v) is 18.4. The Bertz CT molecular complexity index is 1310. The van der Waals surface area contributed by atoms with Gasteiger partial charge in [0.05, 0.1) is 17.1 Å². The first kappa shape index (κ1) is 21.7. The molecule has 0 bridgehead atoms. The van der Waals surface area contributed by atoms with Gasteiger partial charge in [-0.1, -0.05) is 72.8 Å². The molecule has 7 heteroatoms. The number of hydrogen-bond acceptors (Lipinski definition) is 4. The highest BCUT2D eigenvalue weighted by Crippen LogP contribution is 2.23. The Labute approximate surface area is 187 Å². The Hall–Kier alpha value is -3.55. The van der Waals surface area contributed by atoms with Crippen LogP contribution in [0.3, 0.4) is 0 Å². The van der Waals surface area contributed by atoms with E-state index in [9.17, 15) is 13.2 Å². The second-order valence-electron chi connectivity index (χ2n) is 7.46. The van der Waals surface area contributed by atoms with Crippen LogP contribution in [0.1, 0.15) is 28.4 Å². The number of rotatable bonds is 8. The molecule has 0 aliphatic carbocycles. The van der Waals surface area contributed by atoms with Crippen molar-refractivity contribution in [2.24, 2.45) is 0 Å². The molecular weight excluding hydrogens is 422 g/mol. The molecule has 4 rings (SSSR count). The van der Waals surface area contributed by atoms with Crippen LogP contribution < -0.4 is 4.72 Å². The summed E-state index contributed by atoms with van der Waals surface area (Å²) in [4.78, 5) is 11.6. The quantitative estimate of drug-likeness (QED) is 0.411. The predicted octanol–water partition coefficient (Wildman–Crippen LogP) is 4.28. The van der Waals surface area contributed by atoms with Crippen molar-refractivity contribution in [3.8, 4) is 11.3 Å². The number of ketones is 1. The van der Waals surface area contributed by atoms with E-state index < -0.39 is 10.0 Å². The maximum atomic E-state index is 12.8. The predicted molar refractivity (Wildman–Crippen MR) is 124 cm³/mol. The number of carbonyl (C=O) groups excluding carboxylic acids is 1. The van der Waals surface area contributed by atoms with Crippen LogP contribution in [-0.4, -0.2) is 24.0 Å². The number of carbonyl (C=O) groups is 1. The number of aromatic nitrogens is 2. The van der Waals surface area contributed by atoms with E-state index in [0.29, 0.717) is 12.1 Å². The van der Waals surface area contributed by atoms with Crippen molar-refractivity contribution >= 4 is 15.8 Å². The molecule has 6 nitrogen and oxygen atoms in total. The van der Waals surface area contributed by atoms with E-state index in [-0.39, 0.29) is 17.2 Å². The van der Waals surface area contributed by atoms with Crippen LogP contribution in [0.2, 0.25) is 0 Å². The second kappa shape index (κ2) is 9.30. The fourth-order valence-electron chi connectivity index (χ4n) is 3.41. The Balaban J connectivity index is 1.59. The van der Waals surface area contributed by atoms with Crippen molar-refractivity contribution in [3.63, 3.8) is 0 Å². The molecule has 1 N–H and O–H groups in total. The SMILES string of the molecule is CC(=O)c1ccc(S(=O)(=O)NCc2cn(Cc3ccccc3)nc2-c2ccccc2)cc1. The molecule has 0 aliphatic heterocycles. The maximum Gasteiger partial charge on any atom is 0.240 e. The molecule has 0 aliphatic rings. The summed E-state index contributed by atoms with van der Waals surface area (Å²) >= 11 is 0. The summed E-state index contributed by atoms with van der Waals surface area (Å²) in [6.07, 6.45) is 1.87. The van der Waals surface area contributed by atoms with Gasteiger partial charge >= 0.3 is 0 Å². The minimum absolute atomic E-state index is 0.0931. The number of nitrogens with zero attached hydrogens (tertiary/aromatic N) is 2. The summed E-state index contributed by atoms with van der Waals surface area (Å²) in [5, 5.41) is 4.72. The first-order valence-corrected chi connectivity index (χ1v) is 11.7. The Morgan fingerprint density at radius 2 is 1.53 bits per heavy atom. The summed E-state index contributed by atoms with van der Waals surface area (Å²) in [5.41, 5.74) is 4.00. The van der Waals surface area contributed by atoms with Crippen LogP contribution in [0, 0.1) is 0 Å². The van der Waals surface area contributed by atoms with Crippen LogP contribution in [0.25, 0.3) is 11.3 Å².